The molecule has 0 spiro atoms. The summed E-state index contributed by atoms with van der Waals surface area (Å²) in [6, 6.07) is 0. The van der Waals surface area contributed by atoms with Gasteiger partial charge in [0.1, 0.15) is 0 Å². The molecular formula is C9H17N. The van der Waals surface area contributed by atoms with E-state index in [2.05, 4.69) is 31.0 Å². The minimum Gasteiger partial charge on any atom is -0.377 e. The van der Waals surface area contributed by atoms with Crippen molar-refractivity contribution in [3.63, 3.8) is 0 Å². The topological polar surface area (TPSA) is 3.24 Å². The summed E-state index contributed by atoms with van der Waals surface area (Å²) in [6.45, 7) is 6.92. The van der Waals surface area contributed by atoms with E-state index in [-0.39, 0.29) is 0 Å². The first-order chi connectivity index (χ1) is 4.83. The lowest BCUT2D eigenvalue weighted by Gasteiger charge is -2.29. The fourth-order valence-corrected chi connectivity index (χ4v) is 1.57. The van der Waals surface area contributed by atoms with Crippen molar-refractivity contribution in [2.75, 3.05) is 13.1 Å². The molecule has 10 heavy (non-hydrogen) atoms. The van der Waals surface area contributed by atoms with Gasteiger partial charge in [-0.1, -0.05) is 13.0 Å². The number of piperidine rings is 1. The van der Waals surface area contributed by atoms with Crippen LogP contribution in [0, 0.1) is 5.92 Å². The Bertz CT molecular complexity index is 118. The highest BCUT2D eigenvalue weighted by Crippen LogP contribution is 2.14. The van der Waals surface area contributed by atoms with Crippen LogP contribution in [0.25, 0.3) is 0 Å². The highest BCUT2D eigenvalue weighted by molar-refractivity contribution is 4.82. The van der Waals surface area contributed by atoms with Crippen molar-refractivity contribution in [1.82, 2.24) is 4.90 Å². The Labute approximate surface area is 63.7 Å². The third-order valence-electron chi connectivity index (χ3n) is 2.05. The lowest BCUT2D eigenvalue weighted by Crippen LogP contribution is -2.29. The minimum absolute atomic E-state index is 0.893. The van der Waals surface area contributed by atoms with Crippen molar-refractivity contribution in [1.29, 1.82) is 0 Å². The largest absolute Gasteiger partial charge is 0.377 e. The predicted molar refractivity (Wildman–Crippen MR) is 44.8 cm³/mol. The summed E-state index contributed by atoms with van der Waals surface area (Å²) >= 11 is 0. The van der Waals surface area contributed by atoms with Crippen molar-refractivity contribution >= 4 is 0 Å². The molecule has 0 aromatic heterocycles. The van der Waals surface area contributed by atoms with E-state index in [0.29, 0.717) is 0 Å². The van der Waals surface area contributed by atoms with Gasteiger partial charge in [-0.3, -0.25) is 0 Å². The van der Waals surface area contributed by atoms with Gasteiger partial charge in [0, 0.05) is 13.1 Å². The summed E-state index contributed by atoms with van der Waals surface area (Å²) in [5.74, 6) is 0.893. The molecule has 0 aliphatic carbocycles. The number of hydrogen-bond donors (Lipinski definition) is 0. The van der Waals surface area contributed by atoms with Crippen LogP contribution < -0.4 is 0 Å². The molecule has 0 saturated carbocycles. The zero-order valence-corrected chi connectivity index (χ0v) is 7.01. The van der Waals surface area contributed by atoms with Gasteiger partial charge in [-0.25, -0.2) is 0 Å². The van der Waals surface area contributed by atoms with Crippen LogP contribution >= 0.6 is 0 Å². The number of hydrogen-bond acceptors (Lipinski definition) is 1. The standard InChI is InChI=1S/C9H17N/c1-3-6-10-7-4-5-9(2)8-10/h3,6,9H,4-5,7-8H2,1-2H3/b6-3+/t9-/m0/s1. The first-order valence-electron chi connectivity index (χ1n) is 4.20. The Kier molecular flexibility index (Phi) is 2.79. The second-order valence-electron chi connectivity index (χ2n) is 3.22. The highest BCUT2D eigenvalue weighted by atomic mass is 15.1. The first kappa shape index (κ1) is 7.64. The smallest absolute Gasteiger partial charge is 0.0198 e. The molecule has 0 amide bonds. The quantitative estimate of drug-likeness (QED) is 0.538. The molecule has 1 aliphatic rings. The zero-order valence-electron chi connectivity index (χ0n) is 7.01. The molecule has 1 heterocycles. The zero-order chi connectivity index (χ0) is 7.40. The summed E-state index contributed by atoms with van der Waals surface area (Å²) in [6.07, 6.45) is 7.10. The molecule has 0 unspecified atom stereocenters. The molecule has 0 N–H and O–H groups in total. The van der Waals surface area contributed by atoms with Gasteiger partial charge in [0.05, 0.1) is 0 Å². The van der Waals surface area contributed by atoms with E-state index >= 15 is 0 Å². The van der Waals surface area contributed by atoms with E-state index < -0.39 is 0 Å². The predicted octanol–water partition coefficient (Wildman–Crippen LogP) is 2.25. The molecule has 1 rings (SSSR count). The maximum Gasteiger partial charge on any atom is 0.0198 e. The van der Waals surface area contributed by atoms with Crippen LogP contribution in [0.5, 0.6) is 0 Å². The fraction of sp³-hybridized carbons (Fsp3) is 0.778. The Balaban J connectivity index is 2.32. The average molecular weight is 139 g/mol. The lowest BCUT2D eigenvalue weighted by atomic mass is 10.0. The van der Waals surface area contributed by atoms with Crippen LogP contribution in [-0.4, -0.2) is 18.0 Å². The maximum absolute atomic E-state index is 2.41. The lowest BCUT2D eigenvalue weighted by molar-refractivity contribution is 0.247. The van der Waals surface area contributed by atoms with Gasteiger partial charge in [-0.15, -0.1) is 0 Å². The second kappa shape index (κ2) is 3.65. The number of rotatable bonds is 1. The Morgan fingerprint density at radius 1 is 1.50 bits per heavy atom. The van der Waals surface area contributed by atoms with Gasteiger partial charge in [0.25, 0.3) is 0 Å². The van der Waals surface area contributed by atoms with Crippen molar-refractivity contribution in [3.8, 4) is 0 Å². The second-order valence-corrected chi connectivity index (χ2v) is 3.22. The molecule has 0 aromatic carbocycles. The van der Waals surface area contributed by atoms with Crippen LogP contribution in [0.15, 0.2) is 12.3 Å². The summed E-state index contributed by atoms with van der Waals surface area (Å²) < 4.78 is 0. The molecule has 58 valence electrons. The van der Waals surface area contributed by atoms with Gasteiger partial charge in [-0.2, -0.15) is 0 Å². The number of likely N-dealkylation sites (tertiary alicyclic amines) is 1. The molecule has 0 radical (unpaired) electrons. The van der Waals surface area contributed by atoms with Crippen molar-refractivity contribution in [2.45, 2.75) is 26.7 Å². The van der Waals surface area contributed by atoms with Crippen LogP contribution in [-0.2, 0) is 0 Å². The molecule has 1 atom stereocenters. The third-order valence-corrected chi connectivity index (χ3v) is 2.05. The third kappa shape index (κ3) is 2.05. The molecule has 1 heteroatoms. The van der Waals surface area contributed by atoms with E-state index in [9.17, 15) is 0 Å². The minimum atomic E-state index is 0.893. The van der Waals surface area contributed by atoms with E-state index in [1.807, 2.05) is 0 Å². The van der Waals surface area contributed by atoms with Gasteiger partial charge in [0.2, 0.25) is 0 Å². The van der Waals surface area contributed by atoms with Crippen LogP contribution in [0.1, 0.15) is 26.7 Å². The Morgan fingerprint density at radius 2 is 2.30 bits per heavy atom. The molecule has 1 nitrogen and oxygen atoms in total. The number of nitrogens with zero attached hydrogens (tertiary/aromatic N) is 1. The van der Waals surface area contributed by atoms with E-state index in [0.717, 1.165) is 5.92 Å². The van der Waals surface area contributed by atoms with Gasteiger partial charge >= 0.3 is 0 Å². The molecule has 1 fully saturated rings. The average Bonchev–Trinajstić information content (AvgIpc) is 1.88. The molecule has 0 aromatic rings. The van der Waals surface area contributed by atoms with Crippen molar-refractivity contribution in [3.05, 3.63) is 12.3 Å². The maximum atomic E-state index is 2.41. The summed E-state index contributed by atoms with van der Waals surface area (Å²) in [5.41, 5.74) is 0. The van der Waals surface area contributed by atoms with Gasteiger partial charge < -0.3 is 4.90 Å². The van der Waals surface area contributed by atoms with Crippen molar-refractivity contribution in [2.24, 2.45) is 5.92 Å². The SMILES string of the molecule is C/C=C/N1CCC[C@H](C)C1. The summed E-state index contributed by atoms with van der Waals surface area (Å²) in [4.78, 5) is 2.41. The van der Waals surface area contributed by atoms with Crippen LogP contribution in [0.3, 0.4) is 0 Å². The fourth-order valence-electron chi connectivity index (χ4n) is 1.57. The first-order valence-corrected chi connectivity index (χ1v) is 4.20. The summed E-state index contributed by atoms with van der Waals surface area (Å²) in [7, 11) is 0. The van der Waals surface area contributed by atoms with Crippen LogP contribution in [0.4, 0.5) is 0 Å². The van der Waals surface area contributed by atoms with Crippen LogP contribution in [0.2, 0.25) is 0 Å². The molecule has 1 saturated heterocycles. The van der Waals surface area contributed by atoms with Crippen molar-refractivity contribution < 1.29 is 0 Å². The number of allylic oxidation sites excluding steroid dienone is 1. The monoisotopic (exact) mass is 139 g/mol. The molecular weight excluding hydrogens is 122 g/mol. The molecule has 0 bridgehead atoms. The van der Waals surface area contributed by atoms with Gasteiger partial charge in [0.15, 0.2) is 0 Å². The molecule has 1 aliphatic heterocycles. The van der Waals surface area contributed by atoms with E-state index in [1.165, 1.54) is 25.9 Å². The van der Waals surface area contributed by atoms with E-state index in [1.54, 1.807) is 0 Å². The normalized spacial score (nSPS) is 27.8. The Hall–Kier alpha value is -0.460. The van der Waals surface area contributed by atoms with E-state index in [4.69, 9.17) is 0 Å². The Morgan fingerprint density at radius 3 is 2.90 bits per heavy atom. The summed E-state index contributed by atoms with van der Waals surface area (Å²) in [5, 5.41) is 0. The van der Waals surface area contributed by atoms with Gasteiger partial charge in [-0.05, 0) is 31.9 Å². The highest BCUT2D eigenvalue weighted by Gasteiger charge is 2.11.